The third-order valence-corrected chi connectivity index (χ3v) is 3.73. The summed E-state index contributed by atoms with van der Waals surface area (Å²) in [6.07, 6.45) is 0.878. The molecule has 1 rings (SSSR count). The molecule has 1 aliphatic rings. The van der Waals surface area contributed by atoms with Gasteiger partial charge in [0.2, 0.25) is 0 Å². The van der Waals surface area contributed by atoms with Crippen molar-refractivity contribution in [3.63, 3.8) is 0 Å². The van der Waals surface area contributed by atoms with E-state index in [1.54, 1.807) is 0 Å². The summed E-state index contributed by atoms with van der Waals surface area (Å²) in [6, 6.07) is 0. The normalized spacial score (nSPS) is 31.5. The standard InChI is InChI=1S/C9H18O5S/c1-8(2)5-9(6-10,3-4-14-8)7-15(11,12)13/h10H,3-7H2,1-2H3,(H,11,12,13)/t9-/m1/s1. The lowest BCUT2D eigenvalue weighted by Gasteiger charge is -2.43. The van der Waals surface area contributed by atoms with Gasteiger partial charge in [0, 0.05) is 18.6 Å². The second-order valence-electron chi connectivity index (χ2n) is 4.92. The van der Waals surface area contributed by atoms with Crippen molar-refractivity contribution in [2.24, 2.45) is 5.41 Å². The summed E-state index contributed by atoms with van der Waals surface area (Å²) >= 11 is 0. The van der Waals surface area contributed by atoms with Crippen LogP contribution in [0.4, 0.5) is 0 Å². The van der Waals surface area contributed by atoms with Crippen LogP contribution in [-0.2, 0) is 14.9 Å². The highest BCUT2D eigenvalue weighted by Crippen LogP contribution is 2.39. The zero-order valence-electron chi connectivity index (χ0n) is 9.06. The molecule has 0 spiro atoms. The van der Waals surface area contributed by atoms with Crippen LogP contribution in [0.15, 0.2) is 0 Å². The van der Waals surface area contributed by atoms with Crippen molar-refractivity contribution in [2.45, 2.75) is 32.3 Å². The lowest BCUT2D eigenvalue weighted by atomic mass is 9.76. The van der Waals surface area contributed by atoms with E-state index in [1.165, 1.54) is 0 Å². The summed E-state index contributed by atoms with van der Waals surface area (Å²) in [6.45, 7) is 3.85. The minimum atomic E-state index is -4.06. The predicted octanol–water partition coefficient (Wildman–Crippen LogP) is 0.442. The maximum Gasteiger partial charge on any atom is 0.265 e. The molecular weight excluding hydrogens is 220 g/mol. The van der Waals surface area contributed by atoms with Gasteiger partial charge in [-0.1, -0.05) is 0 Å². The van der Waals surface area contributed by atoms with Gasteiger partial charge in [-0.2, -0.15) is 8.42 Å². The molecule has 1 fully saturated rings. The fraction of sp³-hybridized carbons (Fsp3) is 1.00. The van der Waals surface area contributed by atoms with Gasteiger partial charge in [0.25, 0.3) is 10.1 Å². The van der Waals surface area contributed by atoms with Crippen LogP contribution in [0.25, 0.3) is 0 Å². The molecule has 1 saturated heterocycles. The topological polar surface area (TPSA) is 83.8 Å². The van der Waals surface area contributed by atoms with E-state index in [4.69, 9.17) is 9.29 Å². The Kier molecular flexibility index (Phi) is 3.45. The highest BCUT2D eigenvalue weighted by atomic mass is 32.2. The van der Waals surface area contributed by atoms with Crippen molar-refractivity contribution in [2.75, 3.05) is 19.0 Å². The zero-order chi connectivity index (χ0) is 11.7. The van der Waals surface area contributed by atoms with E-state index < -0.39 is 26.9 Å². The number of aliphatic hydroxyl groups is 1. The summed E-state index contributed by atoms with van der Waals surface area (Å²) in [7, 11) is -4.06. The number of hydrogen-bond acceptors (Lipinski definition) is 4. The van der Waals surface area contributed by atoms with Crippen molar-refractivity contribution in [1.82, 2.24) is 0 Å². The molecule has 0 aliphatic carbocycles. The summed E-state index contributed by atoms with van der Waals surface area (Å²) < 4.78 is 36.1. The summed E-state index contributed by atoms with van der Waals surface area (Å²) in [4.78, 5) is 0. The summed E-state index contributed by atoms with van der Waals surface area (Å²) in [5.74, 6) is -0.400. The van der Waals surface area contributed by atoms with E-state index in [2.05, 4.69) is 0 Å². The molecule has 0 bridgehead atoms. The first kappa shape index (κ1) is 12.9. The quantitative estimate of drug-likeness (QED) is 0.697. The van der Waals surface area contributed by atoms with Gasteiger partial charge in [0.1, 0.15) is 0 Å². The highest BCUT2D eigenvalue weighted by molar-refractivity contribution is 7.85. The second-order valence-corrected chi connectivity index (χ2v) is 6.37. The summed E-state index contributed by atoms with van der Waals surface area (Å²) in [5.41, 5.74) is -1.22. The molecule has 0 aromatic rings. The Morgan fingerprint density at radius 1 is 1.40 bits per heavy atom. The molecule has 1 atom stereocenters. The third-order valence-electron chi connectivity index (χ3n) is 2.75. The second kappa shape index (κ2) is 4.01. The molecule has 15 heavy (non-hydrogen) atoms. The van der Waals surface area contributed by atoms with Crippen LogP contribution in [0.2, 0.25) is 0 Å². The fourth-order valence-corrected chi connectivity index (χ4v) is 3.39. The predicted molar refractivity (Wildman–Crippen MR) is 55.2 cm³/mol. The van der Waals surface area contributed by atoms with Crippen LogP contribution in [0.3, 0.4) is 0 Å². The van der Waals surface area contributed by atoms with Gasteiger partial charge in [-0.05, 0) is 26.7 Å². The average molecular weight is 238 g/mol. The third kappa shape index (κ3) is 3.71. The number of aliphatic hydroxyl groups excluding tert-OH is 1. The van der Waals surface area contributed by atoms with Gasteiger partial charge >= 0.3 is 0 Å². The number of hydrogen-bond donors (Lipinski definition) is 2. The van der Waals surface area contributed by atoms with Crippen molar-refractivity contribution in [3.05, 3.63) is 0 Å². The van der Waals surface area contributed by atoms with Crippen LogP contribution >= 0.6 is 0 Å². The largest absolute Gasteiger partial charge is 0.396 e. The number of rotatable bonds is 3. The molecule has 0 radical (unpaired) electrons. The molecule has 5 nitrogen and oxygen atoms in total. The van der Waals surface area contributed by atoms with Crippen molar-refractivity contribution >= 4 is 10.1 Å². The lowest BCUT2D eigenvalue weighted by Crippen LogP contribution is -2.46. The van der Waals surface area contributed by atoms with Gasteiger partial charge in [-0.25, -0.2) is 0 Å². The maximum atomic E-state index is 10.9. The first-order chi connectivity index (χ1) is 6.68. The van der Waals surface area contributed by atoms with E-state index >= 15 is 0 Å². The molecule has 0 aromatic heterocycles. The Labute approximate surface area is 90.2 Å². The minimum Gasteiger partial charge on any atom is -0.396 e. The first-order valence-electron chi connectivity index (χ1n) is 4.88. The van der Waals surface area contributed by atoms with Crippen LogP contribution in [0, 0.1) is 5.41 Å². The number of ether oxygens (including phenoxy) is 1. The molecule has 0 saturated carbocycles. The van der Waals surface area contributed by atoms with E-state index in [9.17, 15) is 13.5 Å². The van der Waals surface area contributed by atoms with Gasteiger partial charge in [0.05, 0.1) is 11.4 Å². The van der Waals surface area contributed by atoms with Crippen molar-refractivity contribution in [1.29, 1.82) is 0 Å². The Morgan fingerprint density at radius 2 is 2.00 bits per heavy atom. The smallest absolute Gasteiger partial charge is 0.265 e. The Balaban J connectivity index is 2.85. The molecular formula is C9H18O5S. The minimum absolute atomic E-state index is 0.250. The molecule has 6 heteroatoms. The maximum absolute atomic E-state index is 10.9. The molecule has 1 aliphatic heterocycles. The Morgan fingerprint density at radius 3 is 2.40 bits per heavy atom. The SMILES string of the molecule is CC1(C)C[C@](CO)(CS(=O)(=O)O)CCO1. The van der Waals surface area contributed by atoms with Gasteiger partial charge in [0.15, 0.2) is 0 Å². The molecule has 90 valence electrons. The monoisotopic (exact) mass is 238 g/mol. The lowest BCUT2D eigenvalue weighted by molar-refractivity contribution is -0.111. The van der Waals surface area contributed by atoms with E-state index in [1.807, 2.05) is 13.8 Å². The van der Waals surface area contributed by atoms with Gasteiger partial charge in [-0.15, -0.1) is 0 Å². The van der Waals surface area contributed by atoms with Gasteiger partial charge in [-0.3, -0.25) is 4.55 Å². The first-order valence-corrected chi connectivity index (χ1v) is 6.49. The average Bonchev–Trinajstić information content (AvgIpc) is 1.99. The highest BCUT2D eigenvalue weighted by Gasteiger charge is 2.43. The summed E-state index contributed by atoms with van der Waals surface area (Å²) in [5, 5.41) is 9.31. The van der Waals surface area contributed by atoms with E-state index in [0.717, 1.165) is 0 Å². The molecule has 0 aromatic carbocycles. The molecule has 1 heterocycles. The molecule has 2 N–H and O–H groups in total. The Hall–Kier alpha value is -0.170. The molecule has 0 amide bonds. The zero-order valence-corrected chi connectivity index (χ0v) is 9.88. The van der Waals surface area contributed by atoms with E-state index in [-0.39, 0.29) is 6.61 Å². The Bertz CT molecular complexity index is 321. The molecule has 0 unspecified atom stereocenters. The van der Waals surface area contributed by atoms with Crippen LogP contribution in [0.5, 0.6) is 0 Å². The van der Waals surface area contributed by atoms with Crippen LogP contribution in [0.1, 0.15) is 26.7 Å². The van der Waals surface area contributed by atoms with Crippen molar-refractivity contribution < 1.29 is 22.8 Å². The van der Waals surface area contributed by atoms with E-state index in [0.29, 0.717) is 19.4 Å². The fourth-order valence-electron chi connectivity index (χ4n) is 2.28. The van der Waals surface area contributed by atoms with Crippen LogP contribution < -0.4 is 0 Å². The van der Waals surface area contributed by atoms with Gasteiger partial charge < -0.3 is 9.84 Å². The van der Waals surface area contributed by atoms with Crippen LogP contribution in [-0.4, -0.2) is 42.6 Å². The van der Waals surface area contributed by atoms with Crippen molar-refractivity contribution in [3.8, 4) is 0 Å².